The molecule has 154 valence electrons. The van der Waals surface area contributed by atoms with E-state index in [9.17, 15) is 14.0 Å². The average Bonchev–Trinajstić information content (AvgIpc) is 3.35. The van der Waals surface area contributed by atoms with Crippen LogP contribution in [0.15, 0.2) is 42.5 Å². The molecule has 0 radical (unpaired) electrons. The van der Waals surface area contributed by atoms with Crippen LogP contribution in [-0.2, 0) is 9.59 Å². The highest BCUT2D eigenvalue weighted by Gasteiger charge is 2.35. The number of rotatable bonds is 5. The van der Waals surface area contributed by atoms with Crippen LogP contribution in [0.2, 0.25) is 0 Å². The highest BCUT2D eigenvalue weighted by Crippen LogP contribution is 2.29. The number of tetrazole rings is 1. The van der Waals surface area contributed by atoms with Gasteiger partial charge in [0.05, 0.1) is 13.0 Å². The summed E-state index contributed by atoms with van der Waals surface area (Å²) < 4.78 is 20.7. The van der Waals surface area contributed by atoms with Gasteiger partial charge in [0.1, 0.15) is 17.3 Å². The topological polar surface area (TPSA) is 102 Å². The van der Waals surface area contributed by atoms with E-state index in [4.69, 9.17) is 4.74 Å². The van der Waals surface area contributed by atoms with Gasteiger partial charge in [0.2, 0.25) is 11.8 Å². The van der Waals surface area contributed by atoms with Crippen LogP contribution in [0.1, 0.15) is 12.2 Å². The number of nitrogens with zero attached hydrogens (tertiary/aromatic N) is 5. The minimum Gasteiger partial charge on any atom is -0.497 e. The van der Waals surface area contributed by atoms with E-state index >= 15 is 0 Å². The van der Waals surface area contributed by atoms with Crippen molar-refractivity contribution in [3.63, 3.8) is 0 Å². The van der Waals surface area contributed by atoms with Gasteiger partial charge in [-0.3, -0.25) is 9.59 Å². The molecule has 2 aromatic carbocycles. The third-order valence-electron chi connectivity index (χ3n) is 4.93. The number of amides is 2. The van der Waals surface area contributed by atoms with Crippen LogP contribution in [0, 0.1) is 18.7 Å². The monoisotopic (exact) mass is 410 g/mol. The van der Waals surface area contributed by atoms with Crippen molar-refractivity contribution in [1.29, 1.82) is 0 Å². The van der Waals surface area contributed by atoms with Gasteiger partial charge in [0, 0.05) is 30.4 Å². The molecule has 30 heavy (non-hydrogen) atoms. The summed E-state index contributed by atoms with van der Waals surface area (Å²) in [5.74, 6) is -0.486. The molecule has 0 saturated carbocycles. The second-order valence-electron chi connectivity index (χ2n) is 6.90. The van der Waals surface area contributed by atoms with E-state index in [0.29, 0.717) is 22.9 Å². The Morgan fingerprint density at radius 1 is 1.27 bits per heavy atom. The third-order valence-corrected chi connectivity index (χ3v) is 4.93. The predicted octanol–water partition coefficient (Wildman–Crippen LogP) is 2.11. The van der Waals surface area contributed by atoms with Gasteiger partial charge in [-0.05, 0) is 47.7 Å². The number of benzene rings is 2. The van der Waals surface area contributed by atoms with Gasteiger partial charge < -0.3 is 15.0 Å². The number of halogens is 1. The van der Waals surface area contributed by atoms with Gasteiger partial charge in [0.15, 0.2) is 5.82 Å². The van der Waals surface area contributed by atoms with Gasteiger partial charge in [-0.2, -0.15) is 4.68 Å². The lowest BCUT2D eigenvalue weighted by Crippen LogP contribution is -2.28. The zero-order valence-electron chi connectivity index (χ0n) is 16.4. The molecular formula is C20H19FN6O3. The summed E-state index contributed by atoms with van der Waals surface area (Å²) in [5, 5.41) is 13.8. The molecule has 1 unspecified atom stereocenters. The Hall–Kier alpha value is -3.82. The van der Waals surface area contributed by atoms with Crippen molar-refractivity contribution < 1.29 is 18.7 Å². The summed E-state index contributed by atoms with van der Waals surface area (Å²) in [5.41, 5.74) is 1.18. The van der Waals surface area contributed by atoms with Gasteiger partial charge >= 0.3 is 0 Å². The number of aromatic nitrogens is 4. The van der Waals surface area contributed by atoms with Crippen LogP contribution in [-0.4, -0.2) is 45.7 Å². The van der Waals surface area contributed by atoms with E-state index < -0.39 is 11.7 Å². The van der Waals surface area contributed by atoms with Crippen LogP contribution in [0.25, 0.3) is 5.69 Å². The van der Waals surface area contributed by atoms with Crippen LogP contribution in [0.4, 0.5) is 15.8 Å². The Morgan fingerprint density at radius 3 is 2.83 bits per heavy atom. The Bertz CT molecular complexity index is 1120. The van der Waals surface area contributed by atoms with E-state index in [-0.39, 0.29) is 30.5 Å². The number of nitrogens with one attached hydrogen (secondary N) is 1. The number of aryl methyl sites for hydroxylation is 1. The van der Waals surface area contributed by atoms with Crippen molar-refractivity contribution in [2.75, 3.05) is 23.9 Å². The molecule has 4 rings (SSSR count). The SMILES string of the molecule is COc1cccc(N2CC(C(=O)Nc3ccc(F)c(-n4nnnc4C)c3)CC2=O)c1. The van der Waals surface area contributed by atoms with Crippen molar-refractivity contribution in [2.24, 2.45) is 5.92 Å². The van der Waals surface area contributed by atoms with E-state index in [1.807, 2.05) is 0 Å². The summed E-state index contributed by atoms with van der Waals surface area (Å²) in [7, 11) is 1.55. The van der Waals surface area contributed by atoms with Crippen molar-refractivity contribution in [3.05, 3.63) is 54.1 Å². The Labute approximate surface area is 171 Å². The fraction of sp³-hybridized carbons (Fsp3) is 0.250. The standard InChI is InChI=1S/C20H19FN6O3/c1-12-23-24-25-27(12)18-9-14(6-7-17(18)21)22-20(29)13-8-19(28)26(11-13)15-4-3-5-16(10-15)30-2/h3-7,9-10,13H,8,11H2,1-2H3,(H,22,29). The molecule has 1 saturated heterocycles. The summed E-state index contributed by atoms with van der Waals surface area (Å²) in [4.78, 5) is 26.8. The molecule has 2 amide bonds. The largest absolute Gasteiger partial charge is 0.497 e. The summed E-state index contributed by atoms with van der Waals surface area (Å²) in [6.45, 7) is 1.89. The Morgan fingerprint density at radius 2 is 2.10 bits per heavy atom. The molecule has 1 N–H and O–H groups in total. The first-order chi connectivity index (χ1) is 14.5. The number of carbonyl (C=O) groups excluding carboxylic acids is 2. The minimum atomic E-state index is -0.535. The third kappa shape index (κ3) is 3.71. The summed E-state index contributed by atoms with van der Waals surface area (Å²) >= 11 is 0. The number of anilines is 2. The maximum atomic E-state index is 14.2. The molecule has 1 aliphatic heterocycles. The Balaban J connectivity index is 1.50. The quantitative estimate of drug-likeness (QED) is 0.691. The number of methoxy groups -OCH3 is 1. The maximum Gasteiger partial charge on any atom is 0.229 e. The van der Waals surface area contributed by atoms with Crippen molar-refractivity contribution in [1.82, 2.24) is 20.2 Å². The first kappa shape index (κ1) is 19.5. The predicted molar refractivity (Wildman–Crippen MR) is 106 cm³/mol. The molecule has 2 heterocycles. The molecule has 10 heteroatoms. The van der Waals surface area contributed by atoms with Crippen LogP contribution in [0.5, 0.6) is 5.75 Å². The highest BCUT2D eigenvalue weighted by molar-refractivity contribution is 6.03. The van der Waals surface area contributed by atoms with Gasteiger partial charge in [0.25, 0.3) is 0 Å². The van der Waals surface area contributed by atoms with Crippen molar-refractivity contribution in [2.45, 2.75) is 13.3 Å². The van der Waals surface area contributed by atoms with Gasteiger partial charge in [-0.25, -0.2) is 4.39 Å². The molecular weight excluding hydrogens is 391 g/mol. The first-order valence-electron chi connectivity index (χ1n) is 9.26. The second kappa shape index (κ2) is 7.90. The lowest BCUT2D eigenvalue weighted by Gasteiger charge is -2.17. The maximum absolute atomic E-state index is 14.2. The molecule has 3 aromatic rings. The molecule has 1 fully saturated rings. The second-order valence-corrected chi connectivity index (χ2v) is 6.90. The normalized spacial score (nSPS) is 16.0. The van der Waals surface area contributed by atoms with Crippen LogP contribution >= 0.6 is 0 Å². The number of hydrogen-bond donors (Lipinski definition) is 1. The van der Waals surface area contributed by atoms with Crippen LogP contribution < -0.4 is 15.0 Å². The molecule has 1 atom stereocenters. The van der Waals surface area contributed by atoms with E-state index in [0.717, 1.165) is 0 Å². The van der Waals surface area contributed by atoms with Gasteiger partial charge in [-0.15, -0.1) is 5.10 Å². The number of carbonyl (C=O) groups is 2. The molecule has 1 aliphatic rings. The molecule has 0 bridgehead atoms. The lowest BCUT2D eigenvalue weighted by atomic mass is 10.1. The number of ether oxygens (including phenoxy) is 1. The van der Waals surface area contributed by atoms with Crippen LogP contribution in [0.3, 0.4) is 0 Å². The molecule has 9 nitrogen and oxygen atoms in total. The Kier molecular flexibility index (Phi) is 5.13. The zero-order chi connectivity index (χ0) is 21.3. The van der Waals surface area contributed by atoms with E-state index in [2.05, 4.69) is 20.8 Å². The smallest absolute Gasteiger partial charge is 0.229 e. The highest BCUT2D eigenvalue weighted by atomic mass is 19.1. The molecule has 0 spiro atoms. The number of hydrogen-bond acceptors (Lipinski definition) is 6. The fourth-order valence-corrected chi connectivity index (χ4v) is 3.36. The fourth-order valence-electron chi connectivity index (χ4n) is 3.36. The lowest BCUT2D eigenvalue weighted by molar-refractivity contribution is -0.122. The van der Waals surface area contributed by atoms with E-state index in [1.54, 1.807) is 43.2 Å². The van der Waals surface area contributed by atoms with Gasteiger partial charge in [-0.1, -0.05) is 6.07 Å². The average molecular weight is 410 g/mol. The molecule has 0 aliphatic carbocycles. The minimum absolute atomic E-state index is 0.0865. The van der Waals surface area contributed by atoms with E-state index in [1.165, 1.54) is 22.9 Å². The van der Waals surface area contributed by atoms with Crippen molar-refractivity contribution in [3.8, 4) is 11.4 Å². The molecule has 1 aromatic heterocycles. The van der Waals surface area contributed by atoms with Crippen molar-refractivity contribution >= 4 is 23.2 Å². The zero-order valence-corrected chi connectivity index (χ0v) is 16.4. The first-order valence-corrected chi connectivity index (χ1v) is 9.26. The summed E-state index contributed by atoms with van der Waals surface area (Å²) in [6.07, 6.45) is 0.0865. The summed E-state index contributed by atoms with van der Waals surface area (Å²) in [6, 6.07) is 11.2.